The molecule has 1 saturated heterocycles. The number of benzene rings is 2. The van der Waals surface area contributed by atoms with Crippen LogP contribution in [0.25, 0.3) is 5.69 Å². The zero-order valence-electron chi connectivity index (χ0n) is 18.1. The molecule has 0 bridgehead atoms. The molecule has 2 heterocycles. The second kappa shape index (κ2) is 9.00. The number of carbonyl (C=O) groups excluding carboxylic acids is 1. The summed E-state index contributed by atoms with van der Waals surface area (Å²) in [5, 5.41) is 3.62. The molecule has 2 fully saturated rings. The van der Waals surface area contributed by atoms with Gasteiger partial charge in [0.15, 0.2) is 6.61 Å². The summed E-state index contributed by atoms with van der Waals surface area (Å²) in [4.78, 5) is 14.6. The molecule has 0 radical (unpaired) electrons. The van der Waals surface area contributed by atoms with Gasteiger partial charge in [-0.15, -0.1) is 0 Å². The lowest BCUT2D eigenvalue weighted by atomic mass is 10.2. The van der Waals surface area contributed by atoms with E-state index in [2.05, 4.69) is 10.2 Å². The molecule has 1 aliphatic heterocycles. The minimum Gasteiger partial charge on any atom is -0.484 e. The molecule has 5 rings (SSSR count). The summed E-state index contributed by atoms with van der Waals surface area (Å²) >= 11 is 5.92. The average molecular weight is 490 g/mol. The van der Waals surface area contributed by atoms with Crippen LogP contribution in [0.2, 0.25) is 5.02 Å². The third kappa shape index (κ3) is 5.08. The summed E-state index contributed by atoms with van der Waals surface area (Å²) in [6.07, 6.45) is -0.534. The zero-order valence-corrected chi connectivity index (χ0v) is 18.9. The molecule has 1 unspecified atom stereocenters. The van der Waals surface area contributed by atoms with Crippen LogP contribution in [0.3, 0.4) is 0 Å². The number of fused-ring (bicyclic) bond motifs is 1. The number of piperidine rings is 1. The maximum absolute atomic E-state index is 12.8. The molecular weight excluding hydrogens is 467 g/mol. The Morgan fingerprint density at radius 1 is 1.09 bits per heavy atom. The van der Waals surface area contributed by atoms with E-state index in [1.165, 1.54) is 12.1 Å². The van der Waals surface area contributed by atoms with Gasteiger partial charge in [0.25, 0.3) is 5.91 Å². The Morgan fingerprint density at radius 2 is 1.82 bits per heavy atom. The fourth-order valence-corrected chi connectivity index (χ4v) is 4.85. The van der Waals surface area contributed by atoms with Gasteiger partial charge in [-0.25, -0.2) is 0 Å². The van der Waals surface area contributed by atoms with E-state index in [4.69, 9.17) is 16.3 Å². The lowest BCUT2D eigenvalue weighted by molar-refractivity contribution is -0.137. The largest absolute Gasteiger partial charge is 0.484 e. The molecule has 1 aliphatic carbocycles. The van der Waals surface area contributed by atoms with E-state index in [-0.39, 0.29) is 18.6 Å². The summed E-state index contributed by atoms with van der Waals surface area (Å²) in [7, 11) is 0. The van der Waals surface area contributed by atoms with Crippen LogP contribution in [-0.4, -0.2) is 41.1 Å². The highest BCUT2D eigenvalue weighted by atomic mass is 35.5. The summed E-state index contributed by atoms with van der Waals surface area (Å²) in [5.74, 6) is 1.30. The molecule has 178 valence electrons. The monoisotopic (exact) mass is 489 g/mol. The number of ether oxygens (including phenoxy) is 1. The lowest BCUT2D eigenvalue weighted by Crippen LogP contribution is -2.36. The Hall–Kier alpha value is -2.97. The van der Waals surface area contributed by atoms with Gasteiger partial charge in [0.2, 0.25) is 0 Å². The van der Waals surface area contributed by atoms with Crippen LogP contribution in [0.5, 0.6) is 5.75 Å². The highest BCUT2D eigenvalue weighted by Gasteiger charge is 2.56. The molecule has 3 atom stereocenters. The number of aromatic nitrogens is 1. The SMILES string of the molecule is O=C(COc1cccc(Cl)c1)NC1[C@H]2CN(Cc3ccn(-c4ccc(C(F)(F)F)cc4)c3)C[C@@H]12. The van der Waals surface area contributed by atoms with Gasteiger partial charge < -0.3 is 14.6 Å². The van der Waals surface area contributed by atoms with E-state index in [1.54, 1.807) is 24.3 Å². The second-order valence-electron chi connectivity index (χ2n) is 8.83. The van der Waals surface area contributed by atoms with Gasteiger partial charge in [0.05, 0.1) is 5.56 Å². The number of hydrogen-bond acceptors (Lipinski definition) is 3. The van der Waals surface area contributed by atoms with Crippen LogP contribution < -0.4 is 10.1 Å². The highest BCUT2D eigenvalue weighted by Crippen LogP contribution is 2.45. The number of nitrogens with zero attached hydrogens (tertiary/aromatic N) is 2. The van der Waals surface area contributed by atoms with Crippen molar-refractivity contribution in [3.05, 3.63) is 83.1 Å². The normalized spacial score (nSPS) is 21.8. The fraction of sp³-hybridized carbons (Fsp3) is 0.320. The van der Waals surface area contributed by atoms with Gasteiger partial charge in [0.1, 0.15) is 5.75 Å². The van der Waals surface area contributed by atoms with E-state index >= 15 is 0 Å². The van der Waals surface area contributed by atoms with Crippen LogP contribution in [0, 0.1) is 11.8 Å². The molecule has 34 heavy (non-hydrogen) atoms. The number of alkyl halides is 3. The first-order valence-electron chi connectivity index (χ1n) is 11.0. The van der Waals surface area contributed by atoms with Crippen LogP contribution in [-0.2, 0) is 17.5 Å². The van der Waals surface area contributed by atoms with Crippen LogP contribution in [0.1, 0.15) is 11.1 Å². The number of likely N-dealkylation sites (tertiary alicyclic amines) is 1. The predicted molar refractivity (Wildman–Crippen MR) is 122 cm³/mol. The van der Waals surface area contributed by atoms with E-state index in [0.29, 0.717) is 28.3 Å². The van der Waals surface area contributed by atoms with Gasteiger partial charge in [-0.1, -0.05) is 17.7 Å². The van der Waals surface area contributed by atoms with Crippen molar-refractivity contribution in [2.24, 2.45) is 11.8 Å². The van der Waals surface area contributed by atoms with Crippen molar-refractivity contribution in [3.63, 3.8) is 0 Å². The van der Waals surface area contributed by atoms with Gasteiger partial charge in [0, 0.05) is 48.8 Å². The summed E-state index contributed by atoms with van der Waals surface area (Å²) in [6.45, 7) is 2.52. The van der Waals surface area contributed by atoms with E-state index in [1.807, 2.05) is 23.0 Å². The number of nitrogens with one attached hydrogen (secondary N) is 1. The third-order valence-electron chi connectivity index (χ3n) is 6.42. The Labute approximate surface area is 200 Å². The van der Waals surface area contributed by atoms with Crippen LogP contribution in [0.15, 0.2) is 67.0 Å². The summed E-state index contributed by atoms with van der Waals surface area (Å²) in [6, 6.07) is 14.2. The third-order valence-corrected chi connectivity index (χ3v) is 6.65. The Balaban J connectivity index is 1.07. The molecule has 1 amide bonds. The first-order chi connectivity index (χ1) is 16.3. The molecule has 2 aromatic carbocycles. The minimum absolute atomic E-state index is 0.0442. The zero-order chi connectivity index (χ0) is 23.9. The van der Waals surface area contributed by atoms with Crippen molar-refractivity contribution in [2.75, 3.05) is 19.7 Å². The Kier molecular flexibility index (Phi) is 6.04. The smallest absolute Gasteiger partial charge is 0.416 e. The maximum Gasteiger partial charge on any atom is 0.416 e. The standard InChI is InChI=1S/C25H23ClF3N3O2/c26-18-2-1-3-20(10-18)34-15-23(33)30-24-21-13-31(14-22(21)24)11-16-8-9-32(12-16)19-6-4-17(5-7-19)25(27,28)29/h1-10,12,21-22,24H,11,13-15H2,(H,30,33)/t21-,22+,24?. The molecule has 0 spiro atoms. The number of halogens is 4. The van der Waals surface area contributed by atoms with Gasteiger partial charge in [-0.3, -0.25) is 9.69 Å². The Bertz CT molecular complexity index is 1170. The number of amides is 1. The molecule has 2 aliphatic rings. The first-order valence-corrected chi connectivity index (χ1v) is 11.4. The molecule has 1 saturated carbocycles. The number of carbonyl (C=O) groups is 1. The number of hydrogen-bond donors (Lipinski definition) is 1. The van der Waals surface area contributed by atoms with Crippen molar-refractivity contribution in [3.8, 4) is 11.4 Å². The van der Waals surface area contributed by atoms with Crippen molar-refractivity contribution < 1.29 is 22.7 Å². The molecule has 1 N–H and O–H groups in total. The maximum atomic E-state index is 12.8. The molecule has 5 nitrogen and oxygen atoms in total. The molecule has 3 aromatic rings. The van der Waals surface area contributed by atoms with Crippen molar-refractivity contribution in [1.29, 1.82) is 0 Å². The van der Waals surface area contributed by atoms with Gasteiger partial charge in [-0.05, 0) is 65.9 Å². The quantitative estimate of drug-likeness (QED) is 0.520. The predicted octanol–water partition coefficient (Wildman–Crippen LogP) is 4.77. The van der Waals surface area contributed by atoms with Crippen LogP contribution >= 0.6 is 11.6 Å². The van der Waals surface area contributed by atoms with Gasteiger partial charge >= 0.3 is 6.18 Å². The number of rotatable bonds is 7. The lowest BCUT2D eigenvalue weighted by Gasteiger charge is -2.19. The fourth-order valence-electron chi connectivity index (χ4n) is 4.67. The van der Waals surface area contributed by atoms with Crippen LogP contribution in [0.4, 0.5) is 13.2 Å². The van der Waals surface area contributed by atoms with E-state index in [0.717, 1.165) is 37.3 Å². The van der Waals surface area contributed by atoms with Crippen molar-refractivity contribution in [2.45, 2.75) is 18.8 Å². The average Bonchev–Trinajstić information content (AvgIpc) is 3.14. The van der Waals surface area contributed by atoms with E-state index < -0.39 is 11.7 Å². The molecular formula is C25H23ClF3N3O2. The first kappa shape index (κ1) is 22.8. The van der Waals surface area contributed by atoms with Gasteiger partial charge in [-0.2, -0.15) is 13.2 Å². The van der Waals surface area contributed by atoms with Crippen molar-refractivity contribution in [1.82, 2.24) is 14.8 Å². The molecule has 1 aromatic heterocycles. The van der Waals surface area contributed by atoms with E-state index in [9.17, 15) is 18.0 Å². The second-order valence-corrected chi connectivity index (χ2v) is 9.27. The Morgan fingerprint density at radius 3 is 2.50 bits per heavy atom. The topological polar surface area (TPSA) is 46.5 Å². The summed E-state index contributed by atoms with van der Waals surface area (Å²) in [5.41, 5.74) is 1.13. The minimum atomic E-state index is -4.34. The highest BCUT2D eigenvalue weighted by molar-refractivity contribution is 6.30. The van der Waals surface area contributed by atoms with Crippen molar-refractivity contribution >= 4 is 17.5 Å². The molecule has 9 heteroatoms. The summed E-state index contributed by atoms with van der Waals surface area (Å²) < 4.78 is 45.6.